The summed E-state index contributed by atoms with van der Waals surface area (Å²) >= 11 is 0. The van der Waals surface area contributed by atoms with Gasteiger partial charge in [0.15, 0.2) is 6.04 Å². The van der Waals surface area contributed by atoms with Gasteiger partial charge in [-0.05, 0) is 30.8 Å². The molecule has 2 aromatic carbocycles. The SMILES string of the molecule is CCN(CC)CCOC(=O)C(Nc1ccccc1)c1ccccc1.O=C(O)/C=C\C(=O)O. The van der Waals surface area contributed by atoms with E-state index in [1.807, 2.05) is 60.7 Å². The van der Waals surface area contributed by atoms with Gasteiger partial charge in [0, 0.05) is 24.4 Å². The normalized spacial score (nSPS) is 11.3. The Morgan fingerprint density at radius 1 is 0.906 bits per heavy atom. The van der Waals surface area contributed by atoms with Gasteiger partial charge in [0.2, 0.25) is 0 Å². The van der Waals surface area contributed by atoms with Crippen LogP contribution in [0.3, 0.4) is 0 Å². The summed E-state index contributed by atoms with van der Waals surface area (Å²) < 4.78 is 5.52. The van der Waals surface area contributed by atoms with E-state index in [-0.39, 0.29) is 5.97 Å². The summed E-state index contributed by atoms with van der Waals surface area (Å²) in [4.78, 5) is 33.9. The summed E-state index contributed by atoms with van der Waals surface area (Å²) in [6.07, 6.45) is 1.12. The van der Waals surface area contributed by atoms with Crippen LogP contribution in [0.5, 0.6) is 0 Å². The first-order valence-corrected chi connectivity index (χ1v) is 10.3. The van der Waals surface area contributed by atoms with Crippen LogP contribution in [0.1, 0.15) is 25.5 Å². The fraction of sp³-hybridized carbons (Fsp3) is 0.292. The van der Waals surface area contributed by atoms with Crippen molar-refractivity contribution in [1.82, 2.24) is 4.90 Å². The standard InChI is InChI=1S/C20H26N2O2.C4H4O4/c1-3-22(4-2)15-16-24-20(23)19(17-11-7-5-8-12-17)21-18-13-9-6-10-14-18;5-3(6)1-2-4(7)8/h5-14,19,21H,3-4,15-16H2,1-2H3;1-2H,(H,5,6)(H,7,8)/b;2-1-. The number of rotatable bonds is 11. The second-order valence-electron chi connectivity index (χ2n) is 6.56. The number of carboxylic acid groups (broad SMARTS) is 2. The molecule has 32 heavy (non-hydrogen) atoms. The van der Waals surface area contributed by atoms with Gasteiger partial charge in [-0.1, -0.05) is 62.4 Å². The minimum absolute atomic E-state index is 0.253. The van der Waals surface area contributed by atoms with Crippen molar-refractivity contribution in [1.29, 1.82) is 0 Å². The summed E-state index contributed by atoms with van der Waals surface area (Å²) in [6, 6.07) is 18.9. The molecule has 0 saturated heterocycles. The lowest BCUT2D eigenvalue weighted by atomic mass is 10.1. The molecular formula is C24H30N2O6. The van der Waals surface area contributed by atoms with Crippen LogP contribution in [0, 0.1) is 0 Å². The zero-order valence-electron chi connectivity index (χ0n) is 18.3. The molecule has 0 amide bonds. The van der Waals surface area contributed by atoms with Gasteiger partial charge in [0.1, 0.15) is 6.61 Å². The van der Waals surface area contributed by atoms with Crippen molar-refractivity contribution in [3.8, 4) is 0 Å². The number of nitrogens with one attached hydrogen (secondary N) is 1. The van der Waals surface area contributed by atoms with Crippen molar-refractivity contribution in [2.75, 3.05) is 31.6 Å². The number of anilines is 1. The fourth-order valence-electron chi connectivity index (χ4n) is 2.67. The van der Waals surface area contributed by atoms with E-state index in [2.05, 4.69) is 24.1 Å². The third kappa shape index (κ3) is 10.9. The molecule has 2 rings (SSSR count). The lowest BCUT2D eigenvalue weighted by molar-refractivity contribution is -0.145. The van der Waals surface area contributed by atoms with Crippen molar-refractivity contribution in [3.05, 3.63) is 78.4 Å². The molecule has 0 aliphatic heterocycles. The molecule has 172 valence electrons. The molecule has 0 fully saturated rings. The first-order valence-electron chi connectivity index (χ1n) is 10.3. The highest BCUT2D eigenvalue weighted by Gasteiger charge is 2.22. The van der Waals surface area contributed by atoms with Crippen molar-refractivity contribution in [2.45, 2.75) is 19.9 Å². The Bertz CT molecular complexity index is 835. The molecule has 0 aliphatic carbocycles. The molecule has 0 heterocycles. The number of ether oxygens (including phenoxy) is 1. The van der Waals surface area contributed by atoms with Crippen LogP contribution in [0.15, 0.2) is 72.8 Å². The summed E-state index contributed by atoms with van der Waals surface area (Å²) in [5, 5.41) is 18.9. The van der Waals surface area contributed by atoms with Crippen LogP contribution in [-0.4, -0.2) is 59.3 Å². The van der Waals surface area contributed by atoms with Gasteiger partial charge in [0.25, 0.3) is 0 Å². The van der Waals surface area contributed by atoms with Gasteiger partial charge in [-0.15, -0.1) is 0 Å². The van der Waals surface area contributed by atoms with Crippen molar-refractivity contribution in [3.63, 3.8) is 0 Å². The van der Waals surface area contributed by atoms with E-state index in [0.717, 1.165) is 30.9 Å². The number of carboxylic acids is 2. The first-order chi connectivity index (χ1) is 15.4. The summed E-state index contributed by atoms with van der Waals surface area (Å²) in [6.45, 7) is 7.28. The molecular weight excluding hydrogens is 412 g/mol. The summed E-state index contributed by atoms with van der Waals surface area (Å²) in [5.41, 5.74) is 1.79. The minimum Gasteiger partial charge on any atom is -0.478 e. The summed E-state index contributed by atoms with van der Waals surface area (Å²) in [5.74, 6) is -2.77. The van der Waals surface area contributed by atoms with Crippen LogP contribution in [-0.2, 0) is 19.1 Å². The minimum atomic E-state index is -1.26. The second-order valence-corrected chi connectivity index (χ2v) is 6.56. The number of hydrogen-bond donors (Lipinski definition) is 3. The van der Waals surface area contributed by atoms with Gasteiger partial charge in [0.05, 0.1) is 0 Å². The first kappa shape index (κ1) is 26.4. The number of esters is 1. The van der Waals surface area contributed by atoms with Gasteiger partial charge in [-0.25, -0.2) is 14.4 Å². The number of hydrogen-bond acceptors (Lipinski definition) is 6. The number of likely N-dealkylation sites (N-methyl/N-ethyl adjacent to an activating group) is 1. The van der Waals surface area contributed by atoms with E-state index in [0.29, 0.717) is 18.8 Å². The van der Waals surface area contributed by atoms with Crippen LogP contribution >= 0.6 is 0 Å². The smallest absolute Gasteiger partial charge is 0.333 e. The Morgan fingerprint density at radius 2 is 1.41 bits per heavy atom. The van der Waals surface area contributed by atoms with Crippen LogP contribution in [0.25, 0.3) is 0 Å². The van der Waals surface area contributed by atoms with Crippen LogP contribution in [0.2, 0.25) is 0 Å². The second kappa shape index (κ2) is 15.2. The molecule has 8 heteroatoms. The Kier molecular flexibility index (Phi) is 12.5. The molecule has 2 aromatic rings. The van der Waals surface area contributed by atoms with Gasteiger partial charge in [-0.3, -0.25) is 0 Å². The molecule has 0 spiro atoms. The largest absolute Gasteiger partial charge is 0.478 e. The quantitative estimate of drug-likeness (QED) is 0.358. The Balaban J connectivity index is 0.000000547. The maximum atomic E-state index is 12.6. The maximum absolute atomic E-state index is 12.6. The van der Waals surface area contributed by atoms with Crippen molar-refractivity contribution < 1.29 is 29.3 Å². The monoisotopic (exact) mass is 442 g/mol. The third-order valence-corrected chi connectivity index (χ3v) is 4.37. The zero-order chi connectivity index (χ0) is 23.8. The van der Waals surface area contributed by atoms with E-state index >= 15 is 0 Å². The predicted octanol–water partition coefficient (Wildman–Crippen LogP) is 3.44. The number of carbonyl (C=O) groups excluding carboxylic acids is 1. The van der Waals surface area contributed by atoms with E-state index in [1.165, 1.54) is 0 Å². The molecule has 0 radical (unpaired) electrons. The fourth-order valence-corrected chi connectivity index (χ4v) is 2.67. The highest BCUT2D eigenvalue weighted by atomic mass is 16.5. The molecule has 1 atom stereocenters. The lowest BCUT2D eigenvalue weighted by Gasteiger charge is -2.21. The number of nitrogens with zero attached hydrogens (tertiary/aromatic N) is 1. The van der Waals surface area contributed by atoms with E-state index in [4.69, 9.17) is 14.9 Å². The van der Waals surface area contributed by atoms with E-state index < -0.39 is 18.0 Å². The Morgan fingerprint density at radius 3 is 1.88 bits per heavy atom. The Hall–Kier alpha value is -3.65. The molecule has 3 N–H and O–H groups in total. The van der Waals surface area contributed by atoms with Crippen molar-refractivity contribution >= 4 is 23.6 Å². The maximum Gasteiger partial charge on any atom is 0.333 e. The van der Waals surface area contributed by atoms with Crippen LogP contribution in [0.4, 0.5) is 5.69 Å². The average molecular weight is 443 g/mol. The topological polar surface area (TPSA) is 116 Å². The average Bonchev–Trinajstić information content (AvgIpc) is 2.80. The van der Waals surface area contributed by atoms with E-state index in [1.54, 1.807) is 0 Å². The molecule has 0 aliphatic rings. The van der Waals surface area contributed by atoms with Crippen molar-refractivity contribution in [2.24, 2.45) is 0 Å². The zero-order valence-corrected chi connectivity index (χ0v) is 18.3. The molecule has 0 bridgehead atoms. The predicted molar refractivity (Wildman–Crippen MR) is 122 cm³/mol. The Labute approximate surface area is 188 Å². The van der Waals surface area contributed by atoms with Gasteiger partial charge >= 0.3 is 17.9 Å². The molecule has 0 aromatic heterocycles. The highest BCUT2D eigenvalue weighted by molar-refractivity contribution is 5.89. The number of carbonyl (C=O) groups is 3. The summed E-state index contributed by atoms with van der Waals surface area (Å²) in [7, 11) is 0. The molecule has 1 unspecified atom stereocenters. The lowest BCUT2D eigenvalue weighted by Crippen LogP contribution is -2.30. The van der Waals surface area contributed by atoms with Gasteiger partial charge < -0.3 is 25.2 Å². The third-order valence-electron chi connectivity index (χ3n) is 4.37. The number of aliphatic carboxylic acids is 2. The highest BCUT2D eigenvalue weighted by Crippen LogP contribution is 2.20. The number of para-hydroxylation sites is 1. The molecule has 0 saturated carbocycles. The van der Waals surface area contributed by atoms with Gasteiger partial charge in [-0.2, -0.15) is 0 Å². The van der Waals surface area contributed by atoms with E-state index in [9.17, 15) is 14.4 Å². The number of benzene rings is 2. The molecule has 8 nitrogen and oxygen atoms in total. The van der Waals surface area contributed by atoms with Crippen LogP contribution < -0.4 is 5.32 Å².